The number of aromatic nitrogens is 2. The summed E-state index contributed by atoms with van der Waals surface area (Å²) in [6.07, 6.45) is 0.428. The third-order valence-corrected chi connectivity index (χ3v) is 5.07. The topological polar surface area (TPSA) is 59.2 Å². The van der Waals surface area contributed by atoms with Crippen molar-refractivity contribution in [1.82, 2.24) is 15.0 Å². The fourth-order valence-corrected chi connectivity index (χ4v) is 3.68. The van der Waals surface area contributed by atoms with Crippen LogP contribution in [-0.2, 0) is 11.3 Å². The minimum atomic E-state index is -0.0245. The number of nitrogens with zero attached hydrogens (tertiary/aromatic N) is 3. The van der Waals surface area contributed by atoms with E-state index in [-0.39, 0.29) is 11.8 Å². The van der Waals surface area contributed by atoms with Gasteiger partial charge in [-0.3, -0.25) is 4.79 Å². The van der Waals surface area contributed by atoms with E-state index < -0.39 is 0 Å². The molecule has 1 fully saturated rings. The van der Waals surface area contributed by atoms with Crippen molar-refractivity contribution in [2.45, 2.75) is 25.8 Å². The second-order valence-electron chi connectivity index (χ2n) is 6.10. The van der Waals surface area contributed by atoms with E-state index in [1.165, 1.54) is 5.56 Å². The van der Waals surface area contributed by atoms with E-state index in [2.05, 4.69) is 35.3 Å². The average molecular weight is 339 g/mol. The number of carbonyl (C=O) groups excluding carboxylic acids is 1. The number of aryl methyl sites for hydroxylation is 1. The Bertz CT molecular complexity index is 857. The van der Waals surface area contributed by atoms with Crippen molar-refractivity contribution >= 4 is 17.2 Å². The molecule has 0 saturated carbocycles. The van der Waals surface area contributed by atoms with Crippen LogP contribution in [0.2, 0.25) is 0 Å². The fourth-order valence-electron chi connectivity index (χ4n) is 3.03. The van der Waals surface area contributed by atoms with Gasteiger partial charge in [-0.2, -0.15) is 4.98 Å². The van der Waals surface area contributed by atoms with Crippen LogP contribution >= 0.6 is 11.3 Å². The second kappa shape index (κ2) is 6.20. The van der Waals surface area contributed by atoms with E-state index in [1.807, 2.05) is 28.5 Å². The van der Waals surface area contributed by atoms with E-state index in [0.717, 1.165) is 10.4 Å². The number of benzene rings is 1. The normalized spacial score (nSPS) is 17.6. The smallest absolute Gasteiger partial charge is 0.232 e. The molecule has 0 radical (unpaired) electrons. The van der Waals surface area contributed by atoms with Crippen LogP contribution in [0, 0.1) is 6.92 Å². The summed E-state index contributed by atoms with van der Waals surface area (Å²) in [5, 5.41) is 6.02. The van der Waals surface area contributed by atoms with E-state index in [0.29, 0.717) is 31.2 Å². The molecule has 6 heteroatoms. The highest BCUT2D eigenvalue weighted by Gasteiger charge is 2.34. The third kappa shape index (κ3) is 2.97. The van der Waals surface area contributed by atoms with Gasteiger partial charge >= 0.3 is 0 Å². The van der Waals surface area contributed by atoms with Crippen molar-refractivity contribution in [3.05, 3.63) is 58.8 Å². The lowest BCUT2D eigenvalue weighted by molar-refractivity contribution is -0.128. The monoisotopic (exact) mass is 339 g/mol. The number of amides is 1. The zero-order valence-electron chi connectivity index (χ0n) is 13.3. The molecule has 1 amide bonds. The highest BCUT2D eigenvalue weighted by Crippen LogP contribution is 2.30. The Morgan fingerprint density at radius 2 is 2.25 bits per heavy atom. The molecule has 0 spiro atoms. The molecule has 1 atom stereocenters. The molecule has 1 aliphatic rings. The summed E-state index contributed by atoms with van der Waals surface area (Å²) >= 11 is 1.57. The van der Waals surface area contributed by atoms with Gasteiger partial charge in [0.05, 0.1) is 10.8 Å². The molecule has 0 N–H and O–H groups in total. The van der Waals surface area contributed by atoms with Crippen molar-refractivity contribution in [3.63, 3.8) is 0 Å². The Balaban J connectivity index is 1.48. The largest absolute Gasteiger partial charge is 0.339 e. The van der Waals surface area contributed by atoms with Crippen molar-refractivity contribution < 1.29 is 9.32 Å². The molecule has 122 valence electrons. The first kappa shape index (κ1) is 15.1. The molecule has 3 aromatic rings. The summed E-state index contributed by atoms with van der Waals surface area (Å²) in [4.78, 5) is 19.6. The van der Waals surface area contributed by atoms with Crippen molar-refractivity contribution in [1.29, 1.82) is 0 Å². The lowest BCUT2D eigenvalue weighted by Crippen LogP contribution is -2.24. The number of rotatable bonds is 4. The van der Waals surface area contributed by atoms with Crippen LogP contribution < -0.4 is 0 Å². The lowest BCUT2D eigenvalue weighted by atomic mass is 10.1. The van der Waals surface area contributed by atoms with Crippen LogP contribution in [0.5, 0.6) is 0 Å². The standard InChI is InChI=1S/C18H17N3O2S/c1-12-4-2-5-13(8-12)10-21-11-14(9-16(21)22)18-19-17(20-23-18)15-6-3-7-24-15/h2-8,14H,9-11H2,1H3. The van der Waals surface area contributed by atoms with E-state index in [1.54, 1.807) is 11.3 Å². The van der Waals surface area contributed by atoms with Crippen LogP contribution in [0.15, 0.2) is 46.3 Å². The molecule has 1 aromatic carbocycles. The Morgan fingerprint density at radius 1 is 1.33 bits per heavy atom. The maximum Gasteiger partial charge on any atom is 0.232 e. The maximum atomic E-state index is 12.3. The second-order valence-corrected chi connectivity index (χ2v) is 7.05. The van der Waals surface area contributed by atoms with Gasteiger partial charge in [0.1, 0.15) is 0 Å². The number of carbonyl (C=O) groups is 1. The molecule has 2 aromatic heterocycles. The molecule has 1 saturated heterocycles. The summed E-state index contributed by atoms with van der Waals surface area (Å²) in [5.74, 6) is 1.27. The quantitative estimate of drug-likeness (QED) is 0.728. The van der Waals surface area contributed by atoms with Crippen LogP contribution in [0.3, 0.4) is 0 Å². The molecule has 1 unspecified atom stereocenters. The van der Waals surface area contributed by atoms with Crippen molar-refractivity contribution in [3.8, 4) is 10.7 Å². The summed E-state index contributed by atoms with van der Waals surface area (Å²) in [6.45, 7) is 3.31. The molecule has 5 nitrogen and oxygen atoms in total. The van der Waals surface area contributed by atoms with Gasteiger partial charge in [0.25, 0.3) is 0 Å². The maximum absolute atomic E-state index is 12.3. The van der Waals surface area contributed by atoms with Gasteiger partial charge in [0, 0.05) is 19.5 Å². The van der Waals surface area contributed by atoms with Crippen LogP contribution in [0.4, 0.5) is 0 Å². The number of thiophene rings is 1. The van der Waals surface area contributed by atoms with Gasteiger partial charge in [-0.25, -0.2) is 0 Å². The predicted octanol–water partition coefficient (Wildman–Crippen LogP) is 3.62. The first-order valence-corrected chi connectivity index (χ1v) is 8.78. The highest BCUT2D eigenvalue weighted by atomic mass is 32.1. The van der Waals surface area contributed by atoms with Crippen LogP contribution in [0.25, 0.3) is 10.7 Å². The summed E-state index contributed by atoms with van der Waals surface area (Å²) in [5.41, 5.74) is 2.35. The van der Waals surface area contributed by atoms with Gasteiger partial charge < -0.3 is 9.42 Å². The lowest BCUT2D eigenvalue weighted by Gasteiger charge is -2.16. The zero-order valence-corrected chi connectivity index (χ0v) is 14.1. The minimum absolute atomic E-state index is 0.0245. The predicted molar refractivity (Wildman–Crippen MR) is 91.6 cm³/mol. The van der Waals surface area contributed by atoms with Gasteiger partial charge in [0.2, 0.25) is 17.6 Å². The molecule has 0 aliphatic carbocycles. The molecule has 24 heavy (non-hydrogen) atoms. The van der Waals surface area contributed by atoms with E-state index in [4.69, 9.17) is 4.52 Å². The highest BCUT2D eigenvalue weighted by molar-refractivity contribution is 7.13. The first-order valence-electron chi connectivity index (χ1n) is 7.90. The van der Waals surface area contributed by atoms with Crippen LogP contribution in [0.1, 0.15) is 29.4 Å². The fraction of sp³-hybridized carbons (Fsp3) is 0.278. The van der Waals surface area contributed by atoms with Gasteiger partial charge in [-0.1, -0.05) is 41.1 Å². The third-order valence-electron chi connectivity index (χ3n) is 4.20. The molecule has 4 rings (SSSR count). The average Bonchev–Trinajstić information content (AvgIpc) is 3.28. The summed E-state index contributed by atoms with van der Waals surface area (Å²) in [7, 11) is 0. The molecular weight excluding hydrogens is 322 g/mol. The summed E-state index contributed by atoms with van der Waals surface area (Å²) < 4.78 is 5.41. The van der Waals surface area contributed by atoms with Gasteiger partial charge in [0.15, 0.2) is 0 Å². The number of hydrogen-bond acceptors (Lipinski definition) is 5. The Kier molecular flexibility index (Phi) is 3.90. The zero-order chi connectivity index (χ0) is 16.5. The minimum Gasteiger partial charge on any atom is -0.339 e. The van der Waals surface area contributed by atoms with Crippen LogP contribution in [-0.4, -0.2) is 27.5 Å². The van der Waals surface area contributed by atoms with Gasteiger partial charge in [-0.15, -0.1) is 11.3 Å². The Morgan fingerprint density at radius 3 is 3.04 bits per heavy atom. The van der Waals surface area contributed by atoms with Crippen molar-refractivity contribution in [2.24, 2.45) is 0 Å². The first-order chi connectivity index (χ1) is 11.7. The number of likely N-dealkylation sites (tertiary alicyclic amines) is 1. The molecular formula is C18H17N3O2S. The SMILES string of the molecule is Cc1cccc(CN2CC(c3nc(-c4cccs4)no3)CC2=O)c1. The summed E-state index contributed by atoms with van der Waals surface area (Å²) in [6, 6.07) is 12.2. The van der Waals surface area contributed by atoms with E-state index in [9.17, 15) is 4.79 Å². The number of hydrogen-bond donors (Lipinski definition) is 0. The Hall–Kier alpha value is -2.47. The Labute approximate surface area is 143 Å². The van der Waals surface area contributed by atoms with Crippen molar-refractivity contribution in [2.75, 3.05) is 6.54 Å². The van der Waals surface area contributed by atoms with E-state index >= 15 is 0 Å². The van der Waals surface area contributed by atoms with Gasteiger partial charge in [-0.05, 0) is 23.9 Å². The molecule has 1 aliphatic heterocycles. The molecule has 3 heterocycles. The molecule has 0 bridgehead atoms.